The van der Waals surface area contributed by atoms with Crippen LogP contribution in [0.15, 0.2) is 54.7 Å². The summed E-state index contributed by atoms with van der Waals surface area (Å²) in [7, 11) is 1.89. The molecule has 0 atom stereocenters. The molecule has 0 spiro atoms. The second-order valence-electron chi connectivity index (χ2n) is 11.6. The third-order valence-electron chi connectivity index (χ3n) is 8.82. The fraction of sp³-hybridized carbons (Fsp3) is 0.424. The summed E-state index contributed by atoms with van der Waals surface area (Å²) in [6.07, 6.45) is 9.37. The Balaban J connectivity index is 1.08. The van der Waals surface area contributed by atoms with Gasteiger partial charge in [0, 0.05) is 63.5 Å². The summed E-state index contributed by atoms with van der Waals surface area (Å²) < 4.78 is 1.79. The van der Waals surface area contributed by atoms with Gasteiger partial charge in [0.15, 0.2) is 0 Å². The van der Waals surface area contributed by atoms with Crippen molar-refractivity contribution >= 4 is 35.1 Å². The Morgan fingerprint density at radius 1 is 0.929 bits per heavy atom. The highest BCUT2D eigenvalue weighted by Gasteiger charge is 2.27. The normalized spacial score (nSPS) is 18.0. The number of aryl methyl sites for hydroxylation is 2. The molecule has 0 saturated carbocycles. The monoisotopic (exact) mass is 567 g/mol. The molecule has 42 heavy (non-hydrogen) atoms. The smallest absolute Gasteiger partial charge is 0.258 e. The maximum absolute atomic E-state index is 13.8. The van der Waals surface area contributed by atoms with Gasteiger partial charge in [-0.2, -0.15) is 5.10 Å². The van der Waals surface area contributed by atoms with Crippen molar-refractivity contribution in [1.29, 1.82) is 0 Å². The molecule has 6 rings (SSSR count). The van der Waals surface area contributed by atoms with Crippen molar-refractivity contribution in [3.63, 3.8) is 0 Å². The number of nitrogens with zero attached hydrogens (tertiary/aromatic N) is 6. The number of nitrogens with one attached hydrogen (secondary N) is 1. The molecule has 9 nitrogen and oxygen atoms in total. The second kappa shape index (κ2) is 12.5. The van der Waals surface area contributed by atoms with Gasteiger partial charge >= 0.3 is 0 Å². The molecule has 1 aromatic heterocycles. The number of aromatic nitrogens is 2. The van der Waals surface area contributed by atoms with Crippen LogP contribution in [0.2, 0.25) is 0 Å². The van der Waals surface area contributed by atoms with E-state index in [0.29, 0.717) is 12.1 Å². The van der Waals surface area contributed by atoms with Crippen LogP contribution in [-0.2, 0) is 18.4 Å². The summed E-state index contributed by atoms with van der Waals surface area (Å²) in [4.78, 5) is 35.6. The first-order chi connectivity index (χ1) is 20.5. The largest absolute Gasteiger partial charge is 0.338 e. The third kappa shape index (κ3) is 6.12. The van der Waals surface area contributed by atoms with Crippen LogP contribution in [0.25, 0.3) is 6.08 Å². The van der Waals surface area contributed by atoms with Gasteiger partial charge in [0.2, 0.25) is 5.91 Å². The second-order valence-corrected chi connectivity index (χ2v) is 11.6. The van der Waals surface area contributed by atoms with Crippen LogP contribution in [0.4, 0.5) is 17.2 Å². The fourth-order valence-electron chi connectivity index (χ4n) is 6.21. The molecule has 0 unspecified atom stereocenters. The molecule has 220 valence electrons. The van der Waals surface area contributed by atoms with Crippen molar-refractivity contribution in [2.24, 2.45) is 7.05 Å². The van der Waals surface area contributed by atoms with E-state index in [0.717, 1.165) is 73.2 Å². The zero-order chi connectivity index (χ0) is 29.1. The van der Waals surface area contributed by atoms with Crippen LogP contribution < -0.4 is 10.2 Å². The van der Waals surface area contributed by atoms with Crippen molar-refractivity contribution in [1.82, 2.24) is 24.5 Å². The zero-order valence-electron chi connectivity index (χ0n) is 24.8. The van der Waals surface area contributed by atoms with Crippen molar-refractivity contribution < 1.29 is 9.59 Å². The maximum Gasteiger partial charge on any atom is 0.258 e. The Hall–Kier alpha value is -3.95. The molecule has 2 saturated heterocycles. The molecule has 3 aromatic rings. The molecule has 3 aliphatic rings. The molecular formula is C33H41N7O2. The number of carbonyl (C=O) groups is 2. The van der Waals surface area contributed by atoms with Crippen LogP contribution in [-0.4, -0.2) is 88.7 Å². The standard InChI is InChI=1S/C33H41N7O2/c1-25-22-27(33(42)40-24-28-23-34-36(2)32(28)35-29-8-4-5-9-30(29)40)11-10-26(25)12-13-31(41)39-20-18-38(19-21-39)17-16-37-14-6-3-7-15-37/h4-5,8-13,22-23,35H,3,6-7,14-21,24H2,1-2H3. The van der Waals surface area contributed by atoms with E-state index in [4.69, 9.17) is 0 Å². The number of piperidine rings is 1. The van der Waals surface area contributed by atoms with Gasteiger partial charge < -0.3 is 20.0 Å². The van der Waals surface area contributed by atoms with E-state index in [1.165, 1.54) is 32.4 Å². The van der Waals surface area contributed by atoms with E-state index in [9.17, 15) is 9.59 Å². The van der Waals surface area contributed by atoms with Gasteiger partial charge in [0.1, 0.15) is 5.82 Å². The highest BCUT2D eigenvalue weighted by atomic mass is 16.2. The number of rotatable bonds is 6. The average Bonchev–Trinajstić information content (AvgIpc) is 3.27. The highest BCUT2D eigenvalue weighted by molar-refractivity contribution is 6.08. The van der Waals surface area contributed by atoms with Crippen LogP contribution in [0.3, 0.4) is 0 Å². The van der Waals surface area contributed by atoms with Crippen LogP contribution in [0, 0.1) is 6.92 Å². The van der Waals surface area contributed by atoms with Gasteiger partial charge in [-0.1, -0.05) is 24.6 Å². The Kier molecular flexibility index (Phi) is 8.39. The van der Waals surface area contributed by atoms with E-state index >= 15 is 0 Å². The number of anilines is 3. The number of para-hydroxylation sites is 2. The summed E-state index contributed by atoms with van der Waals surface area (Å²) in [6.45, 7) is 10.5. The van der Waals surface area contributed by atoms with Gasteiger partial charge in [-0.05, 0) is 74.3 Å². The molecular weight excluding hydrogens is 526 g/mol. The van der Waals surface area contributed by atoms with Gasteiger partial charge in [-0.15, -0.1) is 0 Å². The number of likely N-dealkylation sites (tertiary alicyclic amines) is 1. The quantitative estimate of drug-likeness (QED) is 0.449. The number of amides is 2. The lowest BCUT2D eigenvalue weighted by atomic mass is 10.0. The molecule has 0 radical (unpaired) electrons. The first-order valence-electron chi connectivity index (χ1n) is 15.2. The lowest BCUT2D eigenvalue weighted by Gasteiger charge is -2.36. The lowest BCUT2D eigenvalue weighted by molar-refractivity contribution is -0.127. The Labute approximate surface area is 248 Å². The molecule has 2 aromatic carbocycles. The number of benzene rings is 2. The average molecular weight is 568 g/mol. The van der Waals surface area contributed by atoms with Crippen molar-refractivity contribution in [2.45, 2.75) is 32.7 Å². The Morgan fingerprint density at radius 2 is 1.67 bits per heavy atom. The summed E-state index contributed by atoms with van der Waals surface area (Å²) in [5.41, 5.74) is 5.16. The number of piperazine rings is 1. The van der Waals surface area contributed by atoms with E-state index in [2.05, 4.69) is 20.2 Å². The topological polar surface area (TPSA) is 76.9 Å². The molecule has 3 aliphatic heterocycles. The minimum absolute atomic E-state index is 0.0474. The summed E-state index contributed by atoms with van der Waals surface area (Å²) in [5, 5.41) is 7.82. The third-order valence-corrected chi connectivity index (χ3v) is 8.82. The first-order valence-corrected chi connectivity index (χ1v) is 15.2. The summed E-state index contributed by atoms with van der Waals surface area (Å²) in [5.74, 6) is 0.859. The molecule has 2 amide bonds. The number of hydrogen-bond acceptors (Lipinski definition) is 6. The fourth-order valence-corrected chi connectivity index (χ4v) is 6.21. The van der Waals surface area contributed by atoms with Crippen LogP contribution in [0.1, 0.15) is 46.3 Å². The molecule has 1 N–H and O–H groups in total. The molecule has 0 aliphatic carbocycles. The predicted octanol–water partition coefficient (Wildman–Crippen LogP) is 4.28. The van der Waals surface area contributed by atoms with E-state index < -0.39 is 0 Å². The van der Waals surface area contributed by atoms with Gasteiger partial charge in [-0.3, -0.25) is 19.2 Å². The van der Waals surface area contributed by atoms with Crippen molar-refractivity contribution in [2.75, 3.05) is 62.6 Å². The minimum Gasteiger partial charge on any atom is -0.338 e. The van der Waals surface area contributed by atoms with Crippen molar-refractivity contribution in [3.05, 3.63) is 77.0 Å². The number of fused-ring (bicyclic) bond motifs is 2. The number of carbonyl (C=O) groups excluding carboxylic acids is 2. The number of hydrogen-bond donors (Lipinski definition) is 1. The van der Waals surface area contributed by atoms with E-state index in [-0.39, 0.29) is 11.8 Å². The molecule has 4 heterocycles. The lowest BCUT2D eigenvalue weighted by Crippen LogP contribution is -2.50. The van der Waals surface area contributed by atoms with Gasteiger partial charge in [-0.25, -0.2) is 0 Å². The molecule has 0 bridgehead atoms. The zero-order valence-corrected chi connectivity index (χ0v) is 24.8. The van der Waals surface area contributed by atoms with Gasteiger partial charge in [0.25, 0.3) is 5.91 Å². The minimum atomic E-state index is -0.0752. The molecule has 2 fully saturated rings. The summed E-state index contributed by atoms with van der Waals surface area (Å²) in [6, 6.07) is 13.5. The van der Waals surface area contributed by atoms with Crippen LogP contribution >= 0.6 is 0 Å². The summed E-state index contributed by atoms with van der Waals surface area (Å²) >= 11 is 0. The maximum atomic E-state index is 13.8. The Bertz CT molecular complexity index is 1460. The van der Waals surface area contributed by atoms with Gasteiger partial charge in [0.05, 0.1) is 24.1 Å². The highest BCUT2D eigenvalue weighted by Crippen LogP contribution is 2.36. The SMILES string of the molecule is Cc1cc(C(=O)N2Cc3cnn(C)c3Nc3ccccc32)ccc1C=CC(=O)N1CCN(CCN2CCCCC2)CC1. The van der Waals surface area contributed by atoms with E-state index in [1.807, 2.05) is 67.4 Å². The first kappa shape index (κ1) is 28.2. The Morgan fingerprint density at radius 3 is 2.43 bits per heavy atom. The van der Waals surface area contributed by atoms with E-state index in [1.54, 1.807) is 21.9 Å². The molecule has 9 heteroatoms. The predicted molar refractivity (Wildman–Crippen MR) is 167 cm³/mol. The van der Waals surface area contributed by atoms with Crippen molar-refractivity contribution in [3.8, 4) is 0 Å². The van der Waals surface area contributed by atoms with Crippen LogP contribution in [0.5, 0.6) is 0 Å².